The van der Waals surface area contributed by atoms with E-state index in [0.29, 0.717) is 19.5 Å². The number of nitrogens with two attached hydrogens (primary N) is 2. The van der Waals surface area contributed by atoms with Crippen molar-refractivity contribution in [3.05, 3.63) is 23.8 Å². The Morgan fingerprint density at radius 1 is 1.33 bits per heavy atom. The highest BCUT2D eigenvalue weighted by Gasteiger charge is 2.23. The first-order valence-corrected chi connectivity index (χ1v) is 5.11. The molecule has 0 aliphatic carbocycles. The van der Waals surface area contributed by atoms with Gasteiger partial charge in [-0.25, -0.2) is 0 Å². The zero-order valence-electron chi connectivity index (χ0n) is 8.57. The zero-order chi connectivity index (χ0) is 10.8. The molecule has 0 bridgehead atoms. The number of fused-ring (bicyclic) bond motifs is 1. The third-order valence-corrected chi connectivity index (χ3v) is 2.66. The van der Waals surface area contributed by atoms with Gasteiger partial charge in [-0.2, -0.15) is 0 Å². The number of benzene rings is 1. The zero-order valence-corrected chi connectivity index (χ0v) is 8.57. The van der Waals surface area contributed by atoms with E-state index in [1.165, 1.54) is 0 Å². The van der Waals surface area contributed by atoms with E-state index in [-0.39, 0.29) is 5.91 Å². The molecule has 0 saturated carbocycles. The maximum atomic E-state index is 11.7. The van der Waals surface area contributed by atoms with Crippen molar-refractivity contribution >= 4 is 17.3 Å². The van der Waals surface area contributed by atoms with E-state index in [1.54, 1.807) is 4.90 Å². The Morgan fingerprint density at radius 3 is 2.87 bits per heavy atom. The van der Waals surface area contributed by atoms with Crippen LogP contribution < -0.4 is 16.4 Å². The second-order valence-corrected chi connectivity index (χ2v) is 3.72. The first kappa shape index (κ1) is 9.98. The number of hydrogen-bond donors (Lipinski definition) is 2. The molecule has 1 aliphatic rings. The van der Waals surface area contributed by atoms with E-state index in [9.17, 15) is 4.79 Å². The molecule has 0 atom stereocenters. The average Bonchev–Trinajstić information content (AvgIpc) is 2.22. The quantitative estimate of drug-likeness (QED) is 0.691. The molecule has 4 heteroatoms. The van der Waals surface area contributed by atoms with Crippen molar-refractivity contribution in [3.8, 4) is 0 Å². The van der Waals surface area contributed by atoms with E-state index in [1.807, 2.05) is 18.2 Å². The van der Waals surface area contributed by atoms with Gasteiger partial charge in [0.1, 0.15) is 0 Å². The van der Waals surface area contributed by atoms with Gasteiger partial charge in [0.05, 0.1) is 0 Å². The number of rotatable bonds is 2. The Morgan fingerprint density at radius 2 is 2.13 bits per heavy atom. The Hall–Kier alpha value is -1.55. The SMILES string of the molecule is NCCN1C(=O)CCc2cc(N)ccc21. The van der Waals surface area contributed by atoms with Gasteiger partial charge < -0.3 is 16.4 Å². The van der Waals surface area contributed by atoms with E-state index in [2.05, 4.69) is 0 Å². The van der Waals surface area contributed by atoms with Gasteiger partial charge in [0, 0.05) is 30.9 Å². The van der Waals surface area contributed by atoms with Crippen LogP contribution in [0.15, 0.2) is 18.2 Å². The molecule has 0 fully saturated rings. The first-order valence-electron chi connectivity index (χ1n) is 5.11. The summed E-state index contributed by atoms with van der Waals surface area (Å²) in [4.78, 5) is 13.4. The van der Waals surface area contributed by atoms with Gasteiger partial charge in [0.2, 0.25) is 5.91 Å². The second kappa shape index (κ2) is 3.90. The molecule has 80 valence electrons. The van der Waals surface area contributed by atoms with Crippen LogP contribution in [0.25, 0.3) is 0 Å². The Kier molecular flexibility index (Phi) is 2.60. The van der Waals surface area contributed by atoms with Crippen LogP contribution in [0.5, 0.6) is 0 Å². The van der Waals surface area contributed by atoms with Gasteiger partial charge in [0.25, 0.3) is 0 Å². The second-order valence-electron chi connectivity index (χ2n) is 3.72. The highest BCUT2D eigenvalue weighted by molar-refractivity contribution is 5.96. The van der Waals surface area contributed by atoms with Crippen molar-refractivity contribution in [3.63, 3.8) is 0 Å². The lowest BCUT2D eigenvalue weighted by Crippen LogP contribution is -2.38. The largest absolute Gasteiger partial charge is 0.399 e. The number of anilines is 2. The molecule has 15 heavy (non-hydrogen) atoms. The predicted molar refractivity (Wildman–Crippen MR) is 60.6 cm³/mol. The molecule has 1 aromatic rings. The smallest absolute Gasteiger partial charge is 0.227 e. The third-order valence-electron chi connectivity index (χ3n) is 2.66. The summed E-state index contributed by atoms with van der Waals surface area (Å²) in [5.41, 5.74) is 14.0. The highest BCUT2D eigenvalue weighted by Crippen LogP contribution is 2.28. The molecular weight excluding hydrogens is 190 g/mol. The van der Waals surface area contributed by atoms with Crippen molar-refractivity contribution in [1.29, 1.82) is 0 Å². The lowest BCUT2D eigenvalue weighted by atomic mass is 10.0. The summed E-state index contributed by atoms with van der Waals surface area (Å²) in [6.45, 7) is 1.06. The number of carbonyl (C=O) groups is 1. The third kappa shape index (κ3) is 1.80. The van der Waals surface area contributed by atoms with Gasteiger partial charge in [-0.05, 0) is 30.2 Å². The van der Waals surface area contributed by atoms with E-state index in [0.717, 1.165) is 23.4 Å². The van der Waals surface area contributed by atoms with E-state index in [4.69, 9.17) is 11.5 Å². The summed E-state index contributed by atoms with van der Waals surface area (Å²) < 4.78 is 0. The maximum Gasteiger partial charge on any atom is 0.227 e. The molecule has 4 nitrogen and oxygen atoms in total. The number of amides is 1. The molecule has 0 unspecified atom stereocenters. The van der Waals surface area contributed by atoms with Gasteiger partial charge in [-0.15, -0.1) is 0 Å². The monoisotopic (exact) mass is 205 g/mol. The molecular formula is C11H15N3O. The van der Waals surface area contributed by atoms with E-state index < -0.39 is 0 Å². The summed E-state index contributed by atoms with van der Waals surface area (Å²) in [5, 5.41) is 0. The molecule has 4 N–H and O–H groups in total. The number of nitrogens with zero attached hydrogens (tertiary/aromatic N) is 1. The van der Waals surface area contributed by atoms with Crippen LogP contribution >= 0.6 is 0 Å². The van der Waals surface area contributed by atoms with Crippen molar-refractivity contribution in [1.82, 2.24) is 0 Å². The maximum absolute atomic E-state index is 11.7. The van der Waals surface area contributed by atoms with Gasteiger partial charge >= 0.3 is 0 Å². The van der Waals surface area contributed by atoms with Crippen molar-refractivity contribution < 1.29 is 4.79 Å². The summed E-state index contributed by atoms with van der Waals surface area (Å²) in [6, 6.07) is 5.66. The first-order chi connectivity index (χ1) is 7.22. The highest BCUT2D eigenvalue weighted by atomic mass is 16.2. The molecule has 2 rings (SSSR count). The van der Waals surface area contributed by atoms with Gasteiger partial charge in [-0.1, -0.05) is 0 Å². The minimum absolute atomic E-state index is 0.151. The van der Waals surface area contributed by atoms with Crippen LogP contribution in [0.2, 0.25) is 0 Å². The molecule has 0 saturated heterocycles. The molecule has 0 spiro atoms. The van der Waals surface area contributed by atoms with Crippen LogP contribution in [0, 0.1) is 0 Å². The number of hydrogen-bond acceptors (Lipinski definition) is 3. The summed E-state index contributed by atoms with van der Waals surface area (Å²) in [7, 11) is 0. The minimum atomic E-state index is 0.151. The van der Waals surface area contributed by atoms with Crippen molar-refractivity contribution in [2.24, 2.45) is 5.73 Å². The fourth-order valence-corrected chi connectivity index (χ4v) is 1.95. The van der Waals surface area contributed by atoms with Crippen LogP contribution in [-0.2, 0) is 11.2 Å². The standard InChI is InChI=1S/C11H15N3O/c12-5-6-14-10-3-2-9(13)7-8(10)1-4-11(14)15/h2-3,7H,1,4-6,12-13H2. The van der Waals surface area contributed by atoms with Crippen LogP contribution in [0.1, 0.15) is 12.0 Å². The van der Waals surface area contributed by atoms with Crippen LogP contribution in [-0.4, -0.2) is 19.0 Å². The Labute approximate surface area is 88.9 Å². The Balaban J connectivity index is 2.39. The van der Waals surface area contributed by atoms with E-state index >= 15 is 0 Å². The van der Waals surface area contributed by atoms with Crippen molar-refractivity contribution in [2.75, 3.05) is 23.7 Å². The van der Waals surface area contributed by atoms with Crippen molar-refractivity contribution in [2.45, 2.75) is 12.8 Å². The lowest BCUT2D eigenvalue weighted by Gasteiger charge is -2.29. The number of carbonyl (C=O) groups excluding carboxylic acids is 1. The molecule has 0 aromatic heterocycles. The lowest BCUT2D eigenvalue weighted by molar-refractivity contribution is -0.118. The molecule has 0 radical (unpaired) electrons. The fourth-order valence-electron chi connectivity index (χ4n) is 1.95. The van der Waals surface area contributed by atoms with Gasteiger partial charge in [0.15, 0.2) is 0 Å². The molecule has 1 amide bonds. The molecule has 1 heterocycles. The minimum Gasteiger partial charge on any atom is -0.399 e. The summed E-state index contributed by atoms with van der Waals surface area (Å²) >= 11 is 0. The number of aryl methyl sites for hydroxylation is 1. The summed E-state index contributed by atoms with van der Waals surface area (Å²) in [6.07, 6.45) is 1.33. The average molecular weight is 205 g/mol. The van der Waals surface area contributed by atoms with Crippen LogP contribution in [0.3, 0.4) is 0 Å². The van der Waals surface area contributed by atoms with Crippen LogP contribution in [0.4, 0.5) is 11.4 Å². The summed E-state index contributed by atoms with van der Waals surface area (Å²) in [5.74, 6) is 0.151. The molecule has 1 aromatic carbocycles. The normalized spacial score (nSPS) is 15.3. The molecule has 1 aliphatic heterocycles. The predicted octanol–water partition coefficient (Wildman–Crippen LogP) is 0.507. The fraction of sp³-hybridized carbons (Fsp3) is 0.364. The van der Waals surface area contributed by atoms with Gasteiger partial charge in [-0.3, -0.25) is 4.79 Å². The topological polar surface area (TPSA) is 72.3 Å². The Bertz CT molecular complexity index is 389. The number of nitrogen functional groups attached to an aromatic ring is 1.